The predicted octanol–water partition coefficient (Wildman–Crippen LogP) is 5.20. The Hall–Kier alpha value is -4.27. The highest BCUT2D eigenvalue weighted by Crippen LogP contribution is 2.33. The number of alkyl halides is 3. The molecule has 3 heterocycles. The number of nitrogens with two attached hydrogens (primary N) is 1. The van der Waals surface area contributed by atoms with Crippen molar-refractivity contribution in [1.29, 1.82) is 5.41 Å². The van der Waals surface area contributed by atoms with E-state index in [2.05, 4.69) is 43.8 Å². The molecule has 0 unspecified atom stereocenters. The van der Waals surface area contributed by atoms with Gasteiger partial charge in [-0.15, -0.1) is 0 Å². The highest BCUT2D eigenvalue weighted by Gasteiger charge is 2.33. The summed E-state index contributed by atoms with van der Waals surface area (Å²) in [5.74, 6) is 6.78. The molecule has 0 radical (unpaired) electrons. The minimum Gasteiger partial charge on any atom is -0.383 e. The van der Waals surface area contributed by atoms with E-state index >= 15 is 0 Å². The second-order valence-electron chi connectivity index (χ2n) is 10.5. The van der Waals surface area contributed by atoms with Crippen molar-refractivity contribution < 1.29 is 18.0 Å². The van der Waals surface area contributed by atoms with Gasteiger partial charge in [0, 0.05) is 67.5 Å². The molecule has 1 fully saturated rings. The van der Waals surface area contributed by atoms with Crippen molar-refractivity contribution in [3.05, 3.63) is 82.2 Å². The second kappa shape index (κ2) is 15.3. The third kappa shape index (κ3) is 9.91. The van der Waals surface area contributed by atoms with Gasteiger partial charge in [0.2, 0.25) is 6.41 Å². The number of amides is 1. The highest BCUT2D eigenvalue weighted by molar-refractivity contribution is 6.03. The summed E-state index contributed by atoms with van der Waals surface area (Å²) in [5.41, 5.74) is 8.79. The van der Waals surface area contributed by atoms with Gasteiger partial charge in [-0.05, 0) is 49.2 Å². The number of anilines is 2. The number of carbonyl (C=O) groups excluding carboxylic acids is 1. The van der Waals surface area contributed by atoms with Crippen LogP contribution in [0.4, 0.5) is 24.8 Å². The monoisotopic (exact) mass is 593 g/mol. The number of nitrogen functional groups attached to an aromatic ring is 1. The van der Waals surface area contributed by atoms with Gasteiger partial charge < -0.3 is 21.4 Å². The molecular formula is C32H38F3N7O. The molecule has 228 valence electrons. The Kier molecular flexibility index (Phi) is 11.8. The van der Waals surface area contributed by atoms with Crippen LogP contribution in [0.25, 0.3) is 0 Å². The normalized spacial score (nSPS) is 13.9. The molecule has 0 saturated carbocycles. The fourth-order valence-corrected chi connectivity index (χ4v) is 4.46. The van der Waals surface area contributed by atoms with E-state index in [1.165, 1.54) is 6.07 Å². The van der Waals surface area contributed by atoms with Crippen LogP contribution < -0.4 is 11.1 Å². The smallest absolute Gasteiger partial charge is 0.383 e. The molecule has 4 N–H and O–H groups in total. The molecule has 1 amide bonds. The molecule has 1 aromatic carbocycles. The van der Waals surface area contributed by atoms with Crippen molar-refractivity contribution in [2.75, 3.05) is 43.8 Å². The number of benzene rings is 1. The number of nitrogens with zero attached hydrogens (tertiary/aromatic N) is 4. The molecule has 0 bridgehead atoms. The topological polar surface area (TPSA) is 111 Å². The van der Waals surface area contributed by atoms with Gasteiger partial charge in [0.25, 0.3) is 0 Å². The Balaban J connectivity index is 0.000000238. The van der Waals surface area contributed by atoms with Crippen molar-refractivity contribution >= 4 is 23.8 Å². The van der Waals surface area contributed by atoms with Gasteiger partial charge in [-0.3, -0.25) is 9.69 Å². The Morgan fingerprint density at radius 1 is 1.07 bits per heavy atom. The third-order valence-electron chi connectivity index (χ3n) is 6.98. The molecule has 8 nitrogen and oxygen atoms in total. The molecule has 11 heteroatoms. The summed E-state index contributed by atoms with van der Waals surface area (Å²) in [5, 5.41) is 10.5. The molecular weight excluding hydrogens is 555 g/mol. The molecule has 1 aliphatic rings. The number of nitrogens with one attached hydrogen (secondary N) is 2. The van der Waals surface area contributed by atoms with Gasteiger partial charge in [0.05, 0.1) is 5.56 Å². The standard InChI is InChI=1S/C17H17N5O.C15H21F3N2/c1-11(2)16(18)14-7-13(9-21-17(14)19)4-3-12-5-6-20-15(8-12)22-10-23;1-3-19-6-8-20(9-7-19)11-13-5-4-12(2)10-14(13)15(16,17)18/h5-11,18H,1-2H3,(H2,19,21)(H,20,22,23);4-5,10H,3,6-9,11H2,1-2H3. The Morgan fingerprint density at radius 3 is 2.37 bits per heavy atom. The van der Waals surface area contributed by atoms with E-state index in [0.29, 0.717) is 58.1 Å². The van der Waals surface area contributed by atoms with E-state index in [4.69, 9.17) is 11.1 Å². The van der Waals surface area contributed by atoms with E-state index in [9.17, 15) is 18.0 Å². The van der Waals surface area contributed by atoms with Crippen LogP contribution in [0.15, 0.2) is 48.8 Å². The van der Waals surface area contributed by atoms with Crippen molar-refractivity contribution in [2.24, 2.45) is 5.92 Å². The molecule has 43 heavy (non-hydrogen) atoms. The third-order valence-corrected chi connectivity index (χ3v) is 6.98. The summed E-state index contributed by atoms with van der Waals surface area (Å²) in [7, 11) is 0. The molecule has 1 saturated heterocycles. The summed E-state index contributed by atoms with van der Waals surface area (Å²) in [4.78, 5) is 22.9. The number of aryl methyl sites for hydroxylation is 1. The number of carbonyl (C=O) groups is 1. The summed E-state index contributed by atoms with van der Waals surface area (Å²) in [6, 6.07) is 9.80. The van der Waals surface area contributed by atoms with Crippen LogP contribution in [-0.2, 0) is 17.5 Å². The number of piperazine rings is 1. The van der Waals surface area contributed by atoms with Gasteiger partial charge in [-0.2, -0.15) is 13.2 Å². The maximum atomic E-state index is 13.1. The first-order valence-electron chi connectivity index (χ1n) is 14.0. The lowest BCUT2D eigenvalue weighted by Crippen LogP contribution is -2.45. The summed E-state index contributed by atoms with van der Waals surface area (Å²) in [6.07, 6.45) is -0.567. The number of hydrogen-bond donors (Lipinski definition) is 3. The molecule has 0 spiro atoms. The zero-order chi connectivity index (χ0) is 31.6. The van der Waals surface area contributed by atoms with Crippen LogP contribution in [0.3, 0.4) is 0 Å². The van der Waals surface area contributed by atoms with Crippen molar-refractivity contribution in [2.45, 2.75) is 40.4 Å². The van der Waals surface area contributed by atoms with Gasteiger partial charge in [0.1, 0.15) is 11.6 Å². The number of aromatic nitrogens is 2. The fraction of sp³-hybridized carbons (Fsp3) is 0.375. The minimum absolute atomic E-state index is 0.0551. The summed E-state index contributed by atoms with van der Waals surface area (Å²) >= 11 is 0. The van der Waals surface area contributed by atoms with E-state index in [0.717, 1.165) is 32.7 Å². The average Bonchev–Trinajstić information content (AvgIpc) is 2.98. The molecule has 1 aliphatic heterocycles. The molecule has 4 rings (SSSR count). The first-order chi connectivity index (χ1) is 20.4. The van der Waals surface area contributed by atoms with E-state index < -0.39 is 11.7 Å². The lowest BCUT2D eigenvalue weighted by Gasteiger charge is -2.34. The van der Waals surface area contributed by atoms with Gasteiger partial charge in [-0.1, -0.05) is 50.3 Å². The molecule has 3 aromatic rings. The number of hydrogen-bond acceptors (Lipinski definition) is 7. The van der Waals surface area contributed by atoms with Crippen LogP contribution in [-0.4, -0.2) is 64.6 Å². The van der Waals surface area contributed by atoms with E-state index in [1.807, 2.05) is 13.8 Å². The van der Waals surface area contributed by atoms with Gasteiger partial charge >= 0.3 is 6.18 Å². The Bertz CT molecular complexity index is 1470. The maximum Gasteiger partial charge on any atom is 0.416 e. The molecule has 0 aliphatic carbocycles. The Morgan fingerprint density at radius 2 is 1.74 bits per heavy atom. The zero-order valence-corrected chi connectivity index (χ0v) is 24.9. The second-order valence-corrected chi connectivity index (χ2v) is 10.5. The first-order valence-corrected chi connectivity index (χ1v) is 14.0. The van der Waals surface area contributed by atoms with Crippen LogP contribution in [0.5, 0.6) is 0 Å². The van der Waals surface area contributed by atoms with E-state index in [-0.39, 0.29) is 5.92 Å². The van der Waals surface area contributed by atoms with Crippen LogP contribution in [0.1, 0.15) is 54.2 Å². The number of likely N-dealkylation sites (N-methyl/N-ethyl adjacent to an activating group) is 1. The number of halogens is 3. The van der Waals surface area contributed by atoms with Crippen LogP contribution >= 0.6 is 0 Å². The maximum absolute atomic E-state index is 13.1. The number of rotatable bonds is 7. The van der Waals surface area contributed by atoms with Crippen molar-refractivity contribution in [3.8, 4) is 11.8 Å². The van der Waals surface area contributed by atoms with E-state index in [1.54, 1.807) is 49.6 Å². The molecule has 2 aromatic heterocycles. The lowest BCUT2D eigenvalue weighted by atomic mass is 9.99. The van der Waals surface area contributed by atoms with Gasteiger partial charge in [0.15, 0.2) is 0 Å². The van der Waals surface area contributed by atoms with Crippen molar-refractivity contribution in [3.63, 3.8) is 0 Å². The Labute approximate surface area is 251 Å². The van der Waals surface area contributed by atoms with Gasteiger partial charge in [-0.25, -0.2) is 9.97 Å². The van der Waals surface area contributed by atoms with Crippen molar-refractivity contribution in [1.82, 2.24) is 19.8 Å². The summed E-state index contributed by atoms with van der Waals surface area (Å²) < 4.78 is 39.2. The fourth-order valence-electron chi connectivity index (χ4n) is 4.46. The predicted molar refractivity (Wildman–Crippen MR) is 164 cm³/mol. The lowest BCUT2D eigenvalue weighted by molar-refractivity contribution is -0.138. The first kappa shape index (κ1) is 33.2. The summed E-state index contributed by atoms with van der Waals surface area (Å²) in [6.45, 7) is 12.6. The minimum atomic E-state index is -4.27. The van der Waals surface area contributed by atoms with Crippen LogP contribution in [0.2, 0.25) is 0 Å². The molecule has 0 atom stereocenters. The quantitative estimate of drug-likeness (QED) is 0.197. The average molecular weight is 594 g/mol. The highest BCUT2D eigenvalue weighted by atomic mass is 19.4. The zero-order valence-electron chi connectivity index (χ0n) is 24.9. The number of pyridine rings is 2. The SMILES string of the molecule is CC(C)C(=N)c1cc(C#Cc2ccnc(NC=O)c2)cnc1N.CCN1CCN(Cc2ccc(C)cc2C(F)(F)F)CC1. The largest absolute Gasteiger partial charge is 0.416 e. The van der Waals surface area contributed by atoms with Crippen LogP contribution in [0, 0.1) is 30.1 Å².